The average Bonchev–Trinajstić information content (AvgIpc) is 2.84. The van der Waals surface area contributed by atoms with E-state index < -0.39 is 0 Å². The number of nitrogen functional groups attached to an aromatic ring is 1. The Bertz CT molecular complexity index is 444. The van der Waals surface area contributed by atoms with Crippen molar-refractivity contribution >= 4 is 11.4 Å². The van der Waals surface area contributed by atoms with E-state index in [2.05, 4.69) is 23.2 Å². The van der Waals surface area contributed by atoms with Gasteiger partial charge in [-0.15, -0.1) is 0 Å². The van der Waals surface area contributed by atoms with E-state index >= 15 is 0 Å². The number of likely N-dealkylation sites (tertiary alicyclic amines) is 1. The smallest absolute Gasteiger partial charge is 0.0992 e. The van der Waals surface area contributed by atoms with E-state index in [1.54, 1.807) is 12.1 Å². The molecule has 0 radical (unpaired) electrons. The van der Waals surface area contributed by atoms with Crippen LogP contribution in [0.25, 0.3) is 0 Å². The fourth-order valence-electron chi connectivity index (χ4n) is 2.41. The maximum atomic E-state index is 8.89. The van der Waals surface area contributed by atoms with Crippen LogP contribution in [0, 0.1) is 11.3 Å². The summed E-state index contributed by atoms with van der Waals surface area (Å²) in [6, 6.07) is 7.81. The Morgan fingerprint density at radius 2 is 2.17 bits per heavy atom. The molecule has 0 bridgehead atoms. The number of anilines is 2. The van der Waals surface area contributed by atoms with E-state index in [4.69, 9.17) is 11.0 Å². The summed E-state index contributed by atoms with van der Waals surface area (Å²) in [4.78, 5) is 2.46. The van der Waals surface area contributed by atoms with E-state index in [0.29, 0.717) is 17.3 Å². The van der Waals surface area contributed by atoms with Crippen molar-refractivity contribution in [2.45, 2.75) is 25.8 Å². The van der Waals surface area contributed by atoms with Crippen molar-refractivity contribution in [3.63, 3.8) is 0 Å². The minimum Gasteiger partial charge on any atom is -0.397 e. The highest BCUT2D eigenvalue weighted by Gasteiger charge is 2.15. The Morgan fingerprint density at radius 3 is 2.83 bits per heavy atom. The molecule has 1 aromatic rings. The molecule has 1 aromatic carbocycles. The molecule has 1 atom stereocenters. The summed E-state index contributed by atoms with van der Waals surface area (Å²) in [5.74, 6) is 0. The van der Waals surface area contributed by atoms with Crippen molar-refractivity contribution in [1.82, 2.24) is 4.90 Å². The van der Waals surface area contributed by atoms with Gasteiger partial charge in [0.2, 0.25) is 0 Å². The average molecular weight is 244 g/mol. The Morgan fingerprint density at radius 1 is 1.44 bits per heavy atom. The number of hydrogen-bond acceptors (Lipinski definition) is 4. The summed E-state index contributed by atoms with van der Waals surface area (Å²) in [6.45, 7) is 5.56. The molecule has 4 nitrogen and oxygen atoms in total. The highest BCUT2D eigenvalue weighted by atomic mass is 15.2. The first-order valence-electron chi connectivity index (χ1n) is 6.47. The maximum Gasteiger partial charge on any atom is 0.0992 e. The van der Waals surface area contributed by atoms with Gasteiger partial charge in [0.05, 0.1) is 23.0 Å². The zero-order chi connectivity index (χ0) is 13.0. The quantitative estimate of drug-likeness (QED) is 0.795. The lowest BCUT2D eigenvalue weighted by Crippen LogP contribution is -2.33. The van der Waals surface area contributed by atoms with Gasteiger partial charge >= 0.3 is 0 Å². The van der Waals surface area contributed by atoms with Gasteiger partial charge < -0.3 is 16.0 Å². The SMILES string of the molecule is CC(CN1CCCC1)Nc1cc(C#N)ccc1N. The maximum absolute atomic E-state index is 8.89. The number of nitrogens with two attached hydrogens (primary N) is 1. The largest absolute Gasteiger partial charge is 0.397 e. The Kier molecular flexibility index (Phi) is 4.06. The number of nitriles is 1. The van der Waals surface area contributed by atoms with Gasteiger partial charge in [0.25, 0.3) is 0 Å². The summed E-state index contributed by atoms with van der Waals surface area (Å²) in [6.07, 6.45) is 2.61. The van der Waals surface area contributed by atoms with Crippen molar-refractivity contribution in [3.8, 4) is 6.07 Å². The highest BCUT2D eigenvalue weighted by Crippen LogP contribution is 2.21. The predicted octanol–water partition coefficient (Wildman–Crippen LogP) is 2.04. The van der Waals surface area contributed by atoms with Gasteiger partial charge in [0.15, 0.2) is 0 Å². The number of nitrogens with one attached hydrogen (secondary N) is 1. The molecule has 1 unspecified atom stereocenters. The van der Waals surface area contributed by atoms with Crippen LogP contribution in [-0.4, -0.2) is 30.6 Å². The van der Waals surface area contributed by atoms with Gasteiger partial charge in [0, 0.05) is 12.6 Å². The minimum absolute atomic E-state index is 0.333. The molecule has 0 aromatic heterocycles. The van der Waals surface area contributed by atoms with Gasteiger partial charge in [-0.1, -0.05) is 0 Å². The molecule has 0 aliphatic carbocycles. The summed E-state index contributed by atoms with van der Waals surface area (Å²) >= 11 is 0. The molecule has 0 amide bonds. The second kappa shape index (κ2) is 5.74. The molecule has 18 heavy (non-hydrogen) atoms. The zero-order valence-corrected chi connectivity index (χ0v) is 10.8. The molecule has 1 saturated heterocycles. The van der Waals surface area contributed by atoms with Crippen LogP contribution in [0.3, 0.4) is 0 Å². The van der Waals surface area contributed by atoms with E-state index in [0.717, 1.165) is 12.2 Å². The molecule has 0 saturated carbocycles. The number of benzene rings is 1. The van der Waals surface area contributed by atoms with Gasteiger partial charge in [-0.2, -0.15) is 5.26 Å². The fraction of sp³-hybridized carbons (Fsp3) is 0.500. The zero-order valence-electron chi connectivity index (χ0n) is 10.8. The molecular weight excluding hydrogens is 224 g/mol. The normalized spacial score (nSPS) is 17.3. The van der Waals surface area contributed by atoms with Crippen molar-refractivity contribution in [2.75, 3.05) is 30.7 Å². The third-order valence-electron chi connectivity index (χ3n) is 3.32. The number of hydrogen-bond donors (Lipinski definition) is 2. The lowest BCUT2D eigenvalue weighted by atomic mass is 10.1. The summed E-state index contributed by atoms with van der Waals surface area (Å²) in [5.41, 5.74) is 8.11. The van der Waals surface area contributed by atoms with Crippen molar-refractivity contribution in [3.05, 3.63) is 23.8 Å². The van der Waals surface area contributed by atoms with Gasteiger partial charge in [-0.3, -0.25) is 0 Å². The molecule has 1 aliphatic rings. The molecule has 96 valence electrons. The van der Waals surface area contributed by atoms with Crippen LogP contribution in [0.5, 0.6) is 0 Å². The highest BCUT2D eigenvalue weighted by molar-refractivity contribution is 5.68. The summed E-state index contributed by atoms with van der Waals surface area (Å²) in [7, 11) is 0. The topological polar surface area (TPSA) is 65.1 Å². The third-order valence-corrected chi connectivity index (χ3v) is 3.32. The first-order valence-corrected chi connectivity index (χ1v) is 6.47. The molecule has 1 heterocycles. The lowest BCUT2D eigenvalue weighted by Gasteiger charge is -2.22. The third kappa shape index (κ3) is 3.14. The van der Waals surface area contributed by atoms with Gasteiger partial charge in [-0.05, 0) is 51.1 Å². The van der Waals surface area contributed by atoms with Crippen LogP contribution >= 0.6 is 0 Å². The molecule has 1 fully saturated rings. The fourth-order valence-corrected chi connectivity index (χ4v) is 2.41. The van der Waals surface area contributed by atoms with Crippen LogP contribution in [0.4, 0.5) is 11.4 Å². The first kappa shape index (κ1) is 12.7. The lowest BCUT2D eigenvalue weighted by molar-refractivity contribution is 0.328. The van der Waals surface area contributed by atoms with Crippen molar-refractivity contribution in [1.29, 1.82) is 5.26 Å². The van der Waals surface area contributed by atoms with Crippen LogP contribution < -0.4 is 11.1 Å². The molecule has 0 spiro atoms. The molecule has 2 rings (SSSR count). The van der Waals surface area contributed by atoms with Gasteiger partial charge in [0.1, 0.15) is 0 Å². The first-order chi connectivity index (χ1) is 8.69. The molecular formula is C14H20N4. The predicted molar refractivity (Wildman–Crippen MR) is 74.3 cm³/mol. The Balaban J connectivity index is 1.97. The number of rotatable bonds is 4. The van der Waals surface area contributed by atoms with Crippen LogP contribution in [0.2, 0.25) is 0 Å². The van der Waals surface area contributed by atoms with Crippen LogP contribution in [0.15, 0.2) is 18.2 Å². The van der Waals surface area contributed by atoms with E-state index in [1.807, 2.05) is 6.07 Å². The van der Waals surface area contributed by atoms with Crippen LogP contribution in [-0.2, 0) is 0 Å². The van der Waals surface area contributed by atoms with Crippen molar-refractivity contribution in [2.24, 2.45) is 0 Å². The van der Waals surface area contributed by atoms with Crippen molar-refractivity contribution < 1.29 is 0 Å². The monoisotopic (exact) mass is 244 g/mol. The Labute approximate surface area is 108 Å². The molecule has 4 heteroatoms. The van der Waals surface area contributed by atoms with E-state index in [-0.39, 0.29) is 0 Å². The van der Waals surface area contributed by atoms with Gasteiger partial charge in [-0.25, -0.2) is 0 Å². The van der Waals surface area contributed by atoms with E-state index in [1.165, 1.54) is 25.9 Å². The van der Waals surface area contributed by atoms with E-state index in [9.17, 15) is 0 Å². The minimum atomic E-state index is 0.333. The second-order valence-corrected chi connectivity index (χ2v) is 4.97. The number of nitrogens with zero attached hydrogens (tertiary/aromatic N) is 2. The summed E-state index contributed by atoms with van der Waals surface area (Å²) < 4.78 is 0. The molecule has 1 aliphatic heterocycles. The van der Waals surface area contributed by atoms with Crippen LogP contribution in [0.1, 0.15) is 25.3 Å². The Hall–Kier alpha value is -1.73. The molecule has 3 N–H and O–H groups in total. The standard InChI is InChI=1S/C14H20N4/c1-11(10-18-6-2-3-7-18)17-14-8-12(9-15)4-5-13(14)16/h4-5,8,11,17H,2-3,6-7,10,16H2,1H3. The summed E-state index contributed by atoms with van der Waals surface area (Å²) in [5, 5.41) is 12.3. The second-order valence-electron chi connectivity index (χ2n) is 4.97.